The predicted octanol–water partition coefficient (Wildman–Crippen LogP) is 5.03. The van der Waals surface area contributed by atoms with E-state index in [2.05, 4.69) is 10.3 Å². The van der Waals surface area contributed by atoms with Crippen molar-refractivity contribution >= 4 is 28.6 Å². The van der Waals surface area contributed by atoms with Crippen LogP contribution in [0.25, 0.3) is 9.88 Å². The molecule has 0 radical (unpaired) electrons. The maximum Gasteiger partial charge on any atom is 0.391 e. The second-order valence-electron chi connectivity index (χ2n) is 5.99. The van der Waals surface area contributed by atoms with Gasteiger partial charge in [-0.2, -0.15) is 13.2 Å². The van der Waals surface area contributed by atoms with Gasteiger partial charge < -0.3 is 5.32 Å². The number of hydrogen-bond donors (Lipinski definition) is 1. The van der Waals surface area contributed by atoms with Crippen molar-refractivity contribution in [3.63, 3.8) is 0 Å². The molecule has 2 unspecified atom stereocenters. The highest BCUT2D eigenvalue weighted by molar-refractivity contribution is 7.22. The summed E-state index contributed by atoms with van der Waals surface area (Å²) >= 11 is 2.82. The number of aromatic nitrogens is 1. The zero-order valence-corrected chi connectivity index (χ0v) is 14.7. The first kappa shape index (κ1) is 17.4. The van der Waals surface area contributed by atoms with Crippen LogP contribution in [0.2, 0.25) is 0 Å². The van der Waals surface area contributed by atoms with Crippen LogP contribution in [0, 0.1) is 12.8 Å². The van der Waals surface area contributed by atoms with E-state index < -0.39 is 18.1 Å². The van der Waals surface area contributed by atoms with Gasteiger partial charge in [-0.1, -0.05) is 12.5 Å². The summed E-state index contributed by atoms with van der Waals surface area (Å²) in [5.41, 5.74) is 0.615. The first-order chi connectivity index (χ1) is 11.3. The van der Waals surface area contributed by atoms with Gasteiger partial charge >= 0.3 is 6.18 Å². The number of carbonyl (C=O) groups is 1. The molecule has 0 spiro atoms. The van der Waals surface area contributed by atoms with Crippen molar-refractivity contribution < 1.29 is 18.0 Å². The number of rotatable bonds is 3. The summed E-state index contributed by atoms with van der Waals surface area (Å²) in [5.74, 6) is -1.64. The highest BCUT2D eigenvalue weighted by Crippen LogP contribution is 2.38. The highest BCUT2D eigenvalue weighted by Gasteiger charge is 2.42. The van der Waals surface area contributed by atoms with Crippen LogP contribution in [0.3, 0.4) is 0 Å². The van der Waals surface area contributed by atoms with Crippen LogP contribution in [-0.4, -0.2) is 23.1 Å². The topological polar surface area (TPSA) is 42.0 Å². The molecule has 24 heavy (non-hydrogen) atoms. The number of nitrogens with one attached hydrogen (secondary N) is 1. The summed E-state index contributed by atoms with van der Waals surface area (Å²) in [5, 5.41) is 5.48. The number of thiophene rings is 1. The van der Waals surface area contributed by atoms with Gasteiger partial charge in [-0.05, 0) is 37.6 Å². The minimum atomic E-state index is -4.18. The van der Waals surface area contributed by atoms with Crippen LogP contribution in [0.15, 0.2) is 17.5 Å². The van der Waals surface area contributed by atoms with E-state index >= 15 is 0 Å². The molecular formula is C16H17F3N2OS2. The van der Waals surface area contributed by atoms with Crippen molar-refractivity contribution in [2.75, 3.05) is 0 Å². The van der Waals surface area contributed by atoms with Gasteiger partial charge in [-0.25, -0.2) is 4.98 Å². The van der Waals surface area contributed by atoms with Gasteiger partial charge in [-0.15, -0.1) is 22.7 Å². The molecule has 2 atom stereocenters. The van der Waals surface area contributed by atoms with E-state index in [9.17, 15) is 18.0 Å². The smallest absolute Gasteiger partial charge is 0.349 e. The summed E-state index contributed by atoms with van der Waals surface area (Å²) < 4.78 is 38.6. The standard InChI is InChI=1S/C16H17F3N2OS2/c1-9-13(24-15(20-9)12-6-3-7-23-12)14(22)21-11-5-2-4-10(8-11)16(17,18)19/h3,6-7,10-11H,2,4-5,8H2,1H3,(H,21,22). The van der Waals surface area contributed by atoms with Crippen LogP contribution in [0.5, 0.6) is 0 Å². The molecule has 2 aromatic rings. The van der Waals surface area contributed by atoms with Crippen molar-refractivity contribution in [3.05, 3.63) is 28.1 Å². The summed E-state index contributed by atoms with van der Waals surface area (Å²) in [6.45, 7) is 1.75. The van der Waals surface area contributed by atoms with Crippen LogP contribution >= 0.6 is 22.7 Å². The first-order valence-corrected chi connectivity index (χ1v) is 9.43. The second-order valence-corrected chi connectivity index (χ2v) is 7.93. The SMILES string of the molecule is Cc1nc(-c2cccs2)sc1C(=O)NC1CCCC(C(F)(F)F)C1. The maximum atomic E-state index is 12.9. The molecule has 1 amide bonds. The number of halogens is 3. The number of carbonyl (C=O) groups excluding carboxylic acids is 1. The quantitative estimate of drug-likeness (QED) is 0.819. The summed E-state index contributed by atoms with van der Waals surface area (Å²) in [4.78, 5) is 18.3. The summed E-state index contributed by atoms with van der Waals surface area (Å²) in [6.07, 6.45) is -3.00. The van der Waals surface area contributed by atoms with E-state index in [1.165, 1.54) is 22.7 Å². The fourth-order valence-electron chi connectivity index (χ4n) is 2.98. The normalized spacial score (nSPS) is 21.7. The number of hydrogen-bond acceptors (Lipinski definition) is 4. The van der Waals surface area contributed by atoms with E-state index in [0.29, 0.717) is 23.4 Å². The van der Waals surface area contributed by atoms with Crippen LogP contribution in [0.4, 0.5) is 13.2 Å². The van der Waals surface area contributed by atoms with Gasteiger partial charge in [0.05, 0.1) is 16.5 Å². The van der Waals surface area contributed by atoms with E-state index in [4.69, 9.17) is 0 Å². The van der Waals surface area contributed by atoms with Crippen molar-refractivity contribution in [2.24, 2.45) is 5.92 Å². The Morgan fingerprint density at radius 1 is 1.38 bits per heavy atom. The highest BCUT2D eigenvalue weighted by atomic mass is 32.1. The third-order valence-electron chi connectivity index (χ3n) is 4.21. The summed E-state index contributed by atoms with van der Waals surface area (Å²) in [7, 11) is 0. The second kappa shape index (κ2) is 6.84. The Morgan fingerprint density at radius 2 is 2.17 bits per heavy atom. The fourth-order valence-corrected chi connectivity index (χ4v) is 4.75. The van der Waals surface area contributed by atoms with Crippen LogP contribution in [0.1, 0.15) is 41.0 Å². The van der Waals surface area contributed by atoms with Crippen molar-refractivity contribution in [1.29, 1.82) is 0 Å². The molecular weight excluding hydrogens is 357 g/mol. The molecule has 8 heteroatoms. The monoisotopic (exact) mass is 374 g/mol. The minimum Gasteiger partial charge on any atom is -0.349 e. The Bertz CT molecular complexity index is 709. The minimum absolute atomic E-state index is 0.0368. The van der Waals surface area contributed by atoms with Crippen molar-refractivity contribution in [1.82, 2.24) is 10.3 Å². The van der Waals surface area contributed by atoms with E-state index in [-0.39, 0.29) is 18.7 Å². The zero-order valence-electron chi connectivity index (χ0n) is 13.0. The Balaban J connectivity index is 1.69. The Labute approximate surface area is 145 Å². The molecule has 0 aliphatic heterocycles. The predicted molar refractivity (Wildman–Crippen MR) is 89.4 cm³/mol. The number of alkyl halides is 3. The van der Waals surface area contributed by atoms with Crippen LogP contribution < -0.4 is 5.32 Å². The molecule has 1 N–H and O–H groups in total. The van der Waals surface area contributed by atoms with Crippen molar-refractivity contribution in [3.8, 4) is 9.88 Å². The van der Waals surface area contributed by atoms with Crippen LogP contribution in [-0.2, 0) is 0 Å². The van der Waals surface area contributed by atoms with E-state index in [1.54, 1.807) is 6.92 Å². The van der Waals surface area contributed by atoms with Gasteiger partial charge in [-0.3, -0.25) is 4.79 Å². The molecule has 0 bridgehead atoms. The molecule has 3 nitrogen and oxygen atoms in total. The average molecular weight is 374 g/mol. The lowest BCUT2D eigenvalue weighted by Gasteiger charge is -2.30. The molecule has 1 aliphatic carbocycles. The Hall–Kier alpha value is -1.41. The Kier molecular flexibility index (Phi) is 4.96. The van der Waals surface area contributed by atoms with E-state index in [1.807, 2.05) is 17.5 Å². The van der Waals surface area contributed by atoms with Crippen molar-refractivity contribution in [2.45, 2.75) is 44.8 Å². The third kappa shape index (κ3) is 3.80. The lowest BCUT2D eigenvalue weighted by atomic mass is 9.85. The molecule has 1 aliphatic rings. The maximum absolute atomic E-state index is 12.9. The van der Waals surface area contributed by atoms with Gasteiger partial charge in [0.25, 0.3) is 5.91 Å². The zero-order chi connectivity index (χ0) is 17.3. The van der Waals surface area contributed by atoms with E-state index in [0.717, 1.165) is 9.88 Å². The molecule has 130 valence electrons. The molecule has 2 aromatic heterocycles. The number of aryl methyl sites for hydroxylation is 1. The molecule has 0 saturated heterocycles. The number of thiazole rings is 1. The first-order valence-electron chi connectivity index (χ1n) is 7.73. The average Bonchev–Trinajstić information content (AvgIpc) is 3.15. The largest absolute Gasteiger partial charge is 0.391 e. The molecule has 1 fully saturated rings. The van der Waals surface area contributed by atoms with Gasteiger partial charge in [0.15, 0.2) is 0 Å². The molecule has 3 rings (SSSR count). The lowest BCUT2D eigenvalue weighted by molar-refractivity contribution is -0.183. The van der Waals surface area contributed by atoms with Gasteiger partial charge in [0.1, 0.15) is 9.88 Å². The van der Waals surface area contributed by atoms with Gasteiger partial charge in [0, 0.05) is 6.04 Å². The van der Waals surface area contributed by atoms with Gasteiger partial charge in [0.2, 0.25) is 0 Å². The molecule has 0 aromatic carbocycles. The number of amides is 1. The third-order valence-corrected chi connectivity index (χ3v) is 6.40. The Morgan fingerprint density at radius 3 is 2.83 bits per heavy atom. The number of nitrogens with zero attached hydrogens (tertiary/aromatic N) is 1. The summed E-state index contributed by atoms with van der Waals surface area (Å²) in [6, 6.07) is 3.42. The lowest BCUT2D eigenvalue weighted by Crippen LogP contribution is -2.41. The molecule has 2 heterocycles. The fraction of sp³-hybridized carbons (Fsp3) is 0.500. The molecule has 1 saturated carbocycles.